The molecule has 1 aliphatic rings. The lowest BCUT2D eigenvalue weighted by Crippen LogP contribution is -2.39. The highest BCUT2D eigenvalue weighted by Crippen LogP contribution is 2.32. The summed E-state index contributed by atoms with van der Waals surface area (Å²) >= 11 is 4.36. The van der Waals surface area contributed by atoms with Crippen molar-refractivity contribution in [3.05, 3.63) is 33.9 Å². The van der Waals surface area contributed by atoms with Crippen molar-refractivity contribution in [2.75, 3.05) is 17.2 Å². The number of hydrogen-bond acceptors (Lipinski definition) is 4. The van der Waals surface area contributed by atoms with Crippen LogP contribution in [0.4, 0.5) is 11.4 Å². The maximum atomic E-state index is 12.2. The van der Waals surface area contributed by atoms with Crippen LogP contribution in [0.15, 0.2) is 18.2 Å². The van der Waals surface area contributed by atoms with Gasteiger partial charge in [-0.15, -0.1) is 0 Å². The molecule has 5 nitrogen and oxygen atoms in total. The van der Waals surface area contributed by atoms with Crippen molar-refractivity contribution >= 4 is 29.9 Å². The molecule has 1 atom stereocenters. The summed E-state index contributed by atoms with van der Waals surface area (Å²) in [6.45, 7) is 2.76. The number of non-ortho nitro benzene ring substituents is 1. The summed E-state index contributed by atoms with van der Waals surface area (Å²) < 4.78 is 0. The van der Waals surface area contributed by atoms with Gasteiger partial charge in [-0.2, -0.15) is 12.6 Å². The average molecular weight is 308 g/mol. The fourth-order valence-electron chi connectivity index (χ4n) is 2.77. The molecule has 114 valence electrons. The second kappa shape index (κ2) is 6.93. The molecule has 0 radical (unpaired) electrons. The molecule has 0 aliphatic carbocycles. The van der Waals surface area contributed by atoms with Crippen LogP contribution < -0.4 is 4.90 Å². The number of carbonyl (C=O) groups is 1. The molecule has 0 aromatic heterocycles. The van der Waals surface area contributed by atoms with E-state index in [0.717, 1.165) is 29.8 Å². The van der Waals surface area contributed by atoms with Crippen LogP contribution in [-0.2, 0) is 11.2 Å². The highest BCUT2D eigenvalue weighted by atomic mass is 32.1. The molecular formula is C15H20N2O3S. The fourth-order valence-corrected chi connectivity index (χ4v) is 3.06. The van der Waals surface area contributed by atoms with E-state index in [9.17, 15) is 14.9 Å². The SMILES string of the molecule is CCCC(CS)CN1C(=O)CCc2cc([N+](=O)[O-])ccc21. The molecule has 1 heterocycles. The van der Waals surface area contributed by atoms with Crippen LogP contribution in [0, 0.1) is 16.0 Å². The zero-order chi connectivity index (χ0) is 15.4. The van der Waals surface area contributed by atoms with Crippen LogP contribution in [0.1, 0.15) is 31.7 Å². The van der Waals surface area contributed by atoms with Crippen molar-refractivity contribution in [3.8, 4) is 0 Å². The Labute approximate surface area is 129 Å². The number of hydrogen-bond donors (Lipinski definition) is 1. The maximum Gasteiger partial charge on any atom is 0.269 e. The number of nitro benzene ring substituents is 1. The molecule has 21 heavy (non-hydrogen) atoms. The first-order valence-electron chi connectivity index (χ1n) is 7.25. The molecule has 0 spiro atoms. The molecule has 0 saturated carbocycles. The summed E-state index contributed by atoms with van der Waals surface area (Å²) in [4.78, 5) is 24.4. The maximum absolute atomic E-state index is 12.2. The van der Waals surface area contributed by atoms with Gasteiger partial charge in [-0.1, -0.05) is 13.3 Å². The van der Waals surface area contributed by atoms with Crippen molar-refractivity contribution in [2.45, 2.75) is 32.6 Å². The summed E-state index contributed by atoms with van der Waals surface area (Å²) in [5.41, 5.74) is 1.79. The summed E-state index contributed by atoms with van der Waals surface area (Å²) in [6.07, 6.45) is 3.07. The predicted octanol–water partition coefficient (Wildman–Crippen LogP) is 3.22. The molecule has 0 bridgehead atoms. The number of anilines is 1. The number of carbonyl (C=O) groups excluding carboxylic acids is 1. The number of nitro groups is 1. The Morgan fingerprint density at radius 3 is 2.81 bits per heavy atom. The molecular weight excluding hydrogens is 288 g/mol. The predicted molar refractivity (Wildman–Crippen MR) is 86.0 cm³/mol. The second-order valence-electron chi connectivity index (χ2n) is 5.41. The van der Waals surface area contributed by atoms with E-state index in [0.29, 0.717) is 25.3 Å². The van der Waals surface area contributed by atoms with E-state index in [1.165, 1.54) is 6.07 Å². The number of thiol groups is 1. The second-order valence-corrected chi connectivity index (χ2v) is 5.78. The largest absolute Gasteiger partial charge is 0.312 e. The summed E-state index contributed by atoms with van der Waals surface area (Å²) in [7, 11) is 0. The van der Waals surface area contributed by atoms with E-state index in [-0.39, 0.29) is 11.6 Å². The number of benzene rings is 1. The molecule has 1 amide bonds. The average Bonchev–Trinajstić information content (AvgIpc) is 2.48. The van der Waals surface area contributed by atoms with Crippen LogP contribution in [0.3, 0.4) is 0 Å². The summed E-state index contributed by atoms with van der Waals surface area (Å²) in [6, 6.07) is 4.76. The Morgan fingerprint density at radius 2 is 2.19 bits per heavy atom. The van der Waals surface area contributed by atoms with E-state index in [2.05, 4.69) is 19.6 Å². The van der Waals surface area contributed by atoms with Crippen LogP contribution in [0.2, 0.25) is 0 Å². The molecule has 1 unspecified atom stereocenters. The van der Waals surface area contributed by atoms with Crippen molar-refractivity contribution in [2.24, 2.45) is 5.92 Å². The third-order valence-corrected chi connectivity index (χ3v) is 4.39. The standard InChI is InChI=1S/C15H20N2O3S/c1-2-3-11(10-21)9-16-14-6-5-13(17(19)20)8-12(14)4-7-15(16)18/h5-6,8,11,21H,2-4,7,9-10H2,1H3. The van der Waals surface area contributed by atoms with Crippen LogP contribution in [0.5, 0.6) is 0 Å². The summed E-state index contributed by atoms with van der Waals surface area (Å²) in [5.74, 6) is 1.18. The van der Waals surface area contributed by atoms with Crippen molar-refractivity contribution in [1.29, 1.82) is 0 Å². The van der Waals surface area contributed by atoms with Crippen LogP contribution in [0.25, 0.3) is 0 Å². The molecule has 1 aliphatic heterocycles. The first-order valence-corrected chi connectivity index (χ1v) is 7.88. The van der Waals surface area contributed by atoms with E-state index in [4.69, 9.17) is 0 Å². The normalized spacial score (nSPS) is 15.7. The number of nitrogens with zero attached hydrogens (tertiary/aromatic N) is 2. The number of aryl methyl sites for hydroxylation is 1. The van der Waals surface area contributed by atoms with Gasteiger partial charge in [0.05, 0.1) is 4.92 Å². The van der Waals surface area contributed by atoms with E-state index < -0.39 is 4.92 Å². The van der Waals surface area contributed by atoms with Crippen molar-refractivity contribution in [1.82, 2.24) is 0 Å². The highest BCUT2D eigenvalue weighted by Gasteiger charge is 2.27. The lowest BCUT2D eigenvalue weighted by atomic mass is 9.98. The van der Waals surface area contributed by atoms with E-state index in [1.54, 1.807) is 17.0 Å². The molecule has 0 fully saturated rings. The Morgan fingerprint density at radius 1 is 1.43 bits per heavy atom. The zero-order valence-electron chi connectivity index (χ0n) is 12.1. The monoisotopic (exact) mass is 308 g/mol. The van der Waals surface area contributed by atoms with Gasteiger partial charge in [0.1, 0.15) is 0 Å². The minimum atomic E-state index is -0.394. The van der Waals surface area contributed by atoms with Gasteiger partial charge in [0.25, 0.3) is 5.69 Å². The first kappa shape index (κ1) is 15.8. The van der Waals surface area contributed by atoms with Gasteiger partial charge in [-0.05, 0) is 36.1 Å². The van der Waals surface area contributed by atoms with Gasteiger partial charge in [0.15, 0.2) is 0 Å². The molecule has 2 rings (SSSR count). The van der Waals surface area contributed by atoms with Crippen LogP contribution >= 0.6 is 12.6 Å². The first-order chi connectivity index (χ1) is 10.1. The minimum absolute atomic E-state index is 0.0855. The quantitative estimate of drug-likeness (QED) is 0.498. The number of fused-ring (bicyclic) bond motifs is 1. The Balaban J connectivity index is 2.27. The van der Waals surface area contributed by atoms with Crippen molar-refractivity contribution < 1.29 is 9.72 Å². The van der Waals surface area contributed by atoms with E-state index >= 15 is 0 Å². The van der Waals surface area contributed by atoms with Crippen molar-refractivity contribution in [3.63, 3.8) is 0 Å². The molecule has 6 heteroatoms. The lowest BCUT2D eigenvalue weighted by Gasteiger charge is -2.32. The Kier molecular flexibility index (Phi) is 5.22. The van der Waals surface area contributed by atoms with Crippen LogP contribution in [-0.4, -0.2) is 23.1 Å². The topological polar surface area (TPSA) is 63.5 Å². The molecule has 0 N–H and O–H groups in total. The lowest BCUT2D eigenvalue weighted by molar-refractivity contribution is -0.384. The van der Waals surface area contributed by atoms with E-state index in [1.807, 2.05) is 0 Å². The van der Waals surface area contributed by atoms with Gasteiger partial charge in [-0.25, -0.2) is 0 Å². The van der Waals surface area contributed by atoms with Gasteiger partial charge in [0.2, 0.25) is 5.91 Å². The summed E-state index contributed by atoms with van der Waals surface area (Å²) in [5, 5.41) is 10.9. The molecule has 1 aromatic rings. The zero-order valence-corrected chi connectivity index (χ0v) is 13.0. The smallest absolute Gasteiger partial charge is 0.269 e. The Hall–Kier alpha value is -1.56. The highest BCUT2D eigenvalue weighted by molar-refractivity contribution is 7.80. The van der Waals surface area contributed by atoms with Gasteiger partial charge in [-0.3, -0.25) is 14.9 Å². The minimum Gasteiger partial charge on any atom is -0.312 e. The Bertz CT molecular complexity index is 548. The van der Waals surface area contributed by atoms with Gasteiger partial charge < -0.3 is 4.90 Å². The fraction of sp³-hybridized carbons (Fsp3) is 0.533. The third-order valence-electron chi connectivity index (χ3n) is 3.87. The third kappa shape index (κ3) is 3.56. The van der Waals surface area contributed by atoms with Gasteiger partial charge >= 0.3 is 0 Å². The molecule has 1 aromatic carbocycles. The van der Waals surface area contributed by atoms with Gasteiger partial charge in [0, 0.05) is 30.8 Å². The number of amides is 1. The molecule has 0 saturated heterocycles. The number of rotatable bonds is 6.